The maximum Gasteiger partial charge on any atom is 0.358 e. The van der Waals surface area contributed by atoms with Crippen molar-refractivity contribution in [2.75, 3.05) is 18.0 Å². The number of nitrogens with one attached hydrogen (secondary N) is 2. The Kier molecular flexibility index (Phi) is 7.98. The van der Waals surface area contributed by atoms with E-state index in [1.165, 1.54) is 17.5 Å². The normalized spacial score (nSPS) is 20.6. The molecule has 12 heteroatoms. The topological polar surface area (TPSA) is 133 Å². The van der Waals surface area contributed by atoms with Gasteiger partial charge in [0.05, 0.1) is 10.9 Å². The van der Waals surface area contributed by atoms with Gasteiger partial charge in [-0.15, -0.1) is 5.10 Å². The molecule has 0 bridgehead atoms. The standard InChI is InChI=1S/C23H30ClN7O3S/c1-4-12-9-15(27-20(12)24)21(32)28-14-7-8-31(11-17(14)26-13(5-2)6-3)23-29-16-10-25-30-18(22(33)34)19(16)35-23/h10,13-14,17,26H,4-9,11H2,1-3H3,(H,28,32)(H,33,34)/t14-,17+/m1/s1. The van der Waals surface area contributed by atoms with Gasteiger partial charge in [0.25, 0.3) is 5.91 Å². The average molecular weight is 520 g/mol. The van der Waals surface area contributed by atoms with Crippen LogP contribution in [0.5, 0.6) is 0 Å². The van der Waals surface area contributed by atoms with Crippen LogP contribution in [0.25, 0.3) is 10.2 Å². The molecule has 2 aromatic heterocycles. The third kappa shape index (κ3) is 5.46. The summed E-state index contributed by atoms with van der Waals surface area (Å²) in [5.74, 6) is -1.30. The molecule has 0 unspecified atom stereocenters. The van der Waals surface area contributed by atoms with Crippen LogP contribution in [0.3, 0.4) is 0 Å². The first-order chi connectivity index (χ1) is 16.8. The van der Waals surface area contributed by atoms with Crippen molar-refractivity contribution in [1.82, 2.24) is 25.8 Å². The summed E-state index contributed by atoms with van der Waals surface area (Å²) < 4.78 is 0.512. The monoisotopic (exact) mass is 519 g/mol. The highest BCUT2D eigenvalue weighted by Crippen LogP contribution is 2.32. The molecule has 0 aliphatic carbocycles. The number of fused-ring (bicyclic) bond motifs is 1. The highest BCUT2D eigenvalue weighted by atomic mass is 35.5. The lowest BCUT2D eigenvalue weighted by molar-refractivity contribution is -0.115. The van der Waals surface area contributed by atoms with E-state index in [0.717, 1.165) is 30.0 Å². The second-order valence-corrected chi connectivity index (χ2v) is 10.1. The Labute approximate surface area is 212 Å². The van der Waals surface area contributed by atoms with Gasteiger partial charge in [0, 0.05) is 37.6 Å². The predicted octanol–water partition coefficient (Wildman–Crippen LogP) is 3.33. The van der Waals surface area contributed by atoms with Gasteiger partial charge in [0.1, 0.15) is 16.4 Å². The number of carbonyl (C=O) groups excluding carboxylic acids is 1. The van der Waals surface area contributed by atoms with Crippen molar-refractivity contribution in [3.63, 3.8) is 0 Å². The molecule has 2 aliphatic heterocycles. The second-order valence-electron chi connectivity index (χ2n) is 8.79. The third-order valence-corrected chi connectivity index (χ3v) is 8.12. The van der Waals surface area contributed by atoms with Crippen molar-refractivity contribution in [1.29, 1.82) is 0 Å². The molecule has 4 heterocycles. The summed E-state index contributed by atoms with van der Waals surface area (Å²) in [4.78, 5) is 35.6. The fourth-order valence-corrected chi connectivity index (χ4v) is 5.85. The van der Waals surface area contributed by atoms with E-state index in [4.69, 9.17) is 11.6 Å². The van der Waals surface area contributed by atoms with Crippen molar-refractivity contribution in [2.45, 2.75) is 71.0 Å². The number of anilines is 1. The van der Waals surface area contributed by atoms with Crippen LogP contribution in [0.2, 0.25) is 0 Å². The zero-order valence-corrected chi connectivity index (χ0v) is 21.6. The number of aliphatic imine (C=N–C) groups is 1. The smallest absolute Gasteiger partial charge is 0.358 e. The number of carboxylic acids is 1. The molecule has 188 valence electrons. The van der Waals surface area contributed by atoms with Crippen LogP contribution in [0, 0.1) is 0 Å². The maximum absolute atomic E-state index is 13.0. The summed E-state index contributed by atoms with van der Waals surface area (Å²) in [5.41, 5.74) is 1.88. The van der Waals surface area contributed by atoms with E-state index < -0.39 is 5.97 Å². The van der Waals surface area contributed by atoms with E-state index in [1.807, 2.05) is 6.92 Å². The van der Waals surface area contributed by atoms with Gasteiger partial charge in [-0.1, -0.05) is 43.7 Å². The van der Waals surface area contributed by atoms with Gasteiger partial charge in [-0.2, -0.15) is 5.10 Å². The van der Waals surface area contributed by atoms with E-state index in [0.29, 0.717) is 53.1 Å². The number of thiazole rings is 1. The molecular formula is C23H30ClN7O3S. The second kappa shape index (κ2) is 11.0. The Morgan fingerprint density at radius 3 is 2.71 bits per heavy atom. The number of hydrogen-bond acceptors (Lipinski definition) is 9. The number of rotatable bonds is 9. The van der Waals surface area contributed by atoms with Gasteiger partial charge in [-0.05, 0) is 31.3 Å². The zero-order valence-electron chi connectivity index (χ0n) is 20.0. The number of carbonyl (C=O) groups is 2. The van der Waals surface area contributed by atoms with Crippen LogP contribution in [0.15, 0.2) is 21.9 Å². The lowest BCUT2D eigenvalue weighted by Crippen LogP contribution is -2.61. The fraction of sp³-hybridized carbons (Fsp3) is 0.565. The molecule has 0 radical (unpaired) electrons. The Hall–Kier alpha value is -2.63. The summed E-state index contributed by atoms with van der Waals surface area (Å²) in [6.45, 7) is 7.58. The van der Waals surface area contributed by atoms with Gasteiger partial charge >= 0.3 is 5.97 Å². The minimum atomic E-state index is -1.12. The molecule has 1 saturated heterocycles. The van der Waals surface area contributed by atoms with Gasteiger partial charge in [-0.25, -0.2) is 14.8 Å². The first-order valence-electron chi connectivity index (χ1n) is 12.0. The molecule has 0 spiro atoms. The lowest BCUT2D eigenvalue weighted by Gasteiger charge is -2.40. The Bertz CT molecular complexity index is 1180. The summed E-state index contributed by atoms with van der Waals surface area (Å²) in [5, 5.41) is 25.1. The quantitative estimate of drug-likeness (QED) is 0.430. The lowest BCUT2D eigenvalue weighted by atomic mass is 9.97. The Morgan fingerprint density at radius 1 is 1.29 bits per heavy atom. The van der Waals surface area contributed by atoms with Gasteiger partial charge in [0.15, 0.2) is 10.8 Å². The largest absolute Gasteiger partial charge is 0.476 e. The number of hydrogen-bond donors (Lipinski definition) is 3. The molecule has 0 saturated carbocycles. The highest BCUT2D eigenvalue weighted by Gasteiger charge is 2.34. The van der Waals surface area contributed by atoms with E-state index in [9.17, 15) is 14.7 Å². The Morgan fingerprint density at radius 2 is 2.06 bits per heavy atom. The maximum atomic E-state index is 13.0. The molecule has 0 aromatic carbocycles. The fourth-order valence-electron chi connectivity index (χ4n) is 4.50. The van der Waals surface area contributed by atoms with Crippen molar-refractivity contribution < 1.29 is 14.7 Å². The summed E-state index contributed by atoms with van der Waals surface area (Å²) in [6.07, 6.45) is 5.40. The van der Waals surface area contributed by atoms with Gasteiger partial charge in [0.2, 0.25) is 0 Å². The van der Waals surface area contributed by atoms with E-state index >= 15 is 0 Å². The molecule has 35 heavy (non-hydrogen) atoms. The first-order valence-corrected chi connectivity index (χ1v) is 13.2. The molecule has 2 aliphatic rings. The average Bonchev–Trinajstić information content (AvgIpc) is 3.46. The molecular weight excluding hydrogens is 490 g/mol. The number of amides is 1. The van der Waals surface area contributed by atoms with Crippen molar-refractivity contribution in [3.8, 4) is 0 Å². The van der Waals surface area contributed by atoms with Crippen LogP contribution in [0.4, 0.5) is 5.13 Å². The van der Waals surface area contributed by atoms with E-state index in [1.54, 1.807) is 0 Å². The van der Waals surface area contributed by atoms with Crippen LogP contribution in [0.1, 0.15) is 63.4 Å². The molecule has 1 fully saturated rings. The molecule has 1 amide bonds. The Balaban J connectivity index is 1.52. The molecule has 3 N–H and O–H groups in total. The summed E-state index contributed by atoms with van der Waals surface area (Å²) in [7, 11) is 0. The summed E-state index contributed by atoms with van der Waals surface area (Å²) >= 11 is 7.49. The number of aromatic nitrogens is 3. The number of carboxylic acid groups (broad SMARTS) is 1. The van der Waals surface area contributed by atoms with Crippen LogP contribution < -0.4 is 15.5 Å². The number of nitrogens with zero attached hydrogens (tertiary/aromatic N) is 5. The number of allylic oxidation sites excluding steroid dienone is 1. The van der Waals surface area contributed by atoms with Crippen LogP contribution in [-0.4, -0.2) is 69.1 Å². The third-order valence-electron chi connectivity index (χ3n) is 6.63. The SMILES string of the molecule is CCC1=C(Cl)N=C(C(=O)N[C@@H]2CCN(c3nc4cnnc(C(=O)O)c4s3)C[C@@H]2NC(CC)CC)C1. The van der Waals surface area contributed by atoms with Crippen LogP contribution >= 0.6 is 22.9 Å². The first kappa shape index (κ1) is 25.5. The summed E-state index contributed by atoms with van der Waals surface area (Å²) in [6, 6.07) is 0.211. The minimum Gasteiger partial charge on any atom is -0.476 e. The number of halogens is 1. The minimum absolute atomic E-state index is 0.0177. The van der Waals surface area contributed by atoms with Crippen molar-refractivity contribution in [2.24, 2.45) is 4.99 Å². The van der Waals surface area contributed by atoms with Gasteiger partial charge < -0.3 is 20.6 Å². The number of aromatic carboxylic acids is 1. The highest BCUT2D eigenvalue weighted by molar-refractivity contribution is 7.22. The van der Waals surface area contributed by atoms with Crippen molar-refractivity contribution >= 4 is 55.9 Å². The van der Waals surface area contributed by atoms with Crippen molar-refractivity contribution in [3.05, 3.63) is 22.6 Å². The van der Waals surface area contributed by atoms with E-state index in [2.05, 4.69) is 49.6 Å². The molecule has 4 rings (SSSR count). The zero-order chi connectivity index (χ0) is 25.1. The molecule has 10 nitrogen and oxygen atoms in total. The molecule has 2 aromatic rings. The number of piperidine rings is 1. The van der Waals surface area contributed by atoms with E-state index in [-0.39, 0.29) is 23.7 Å². The van der Waals surface area contributed by atoms with Crippen LogP contribution in [-0.2, 0) is 4.79 Å². The predicted molar refractivity (Wildman–Crippen MR) is 137 cm³/mol. The van der Waals surface area contributed by atoms with Gasteiger partial charge in [-0.3, -0.25) is 4.79 Å². The molecule has 2 atom stereocenters.